The van der Waals surface area contributed by atoms with E-state index in [0.29, 0.717) is 13.1 Å². The first-order valence-electron chi connectivity index (χ1n) is 10.8. The van der Waals surface area contributed by atoms with Crippen LogP contribution in [0.4, 0.5) is 18.9 Å². The van der Waals surface area contributed by atoms with Gasteiger partial charge < -0.3 is 19.5 Å². The molecule has 0 aliphatic carbocycles. The van der Waals surface area contributed by atoms with Gasteiger partial charge in [-0.3, -0.25) is 0 Å². The standard InChI is InChI=1S/C23H28F3NO6S/c1-4-6-12-27(13-7-5-2)19-14-16(22(28)29)15-20(34(3,30)31)21(19)32-17-8-10-18(11-9-17)33-23(24,25)26/h8-11,14-15H,4-7,12-13H2,1-3H3,(H,28,29). The van der Waals surface area contributed by atoms with Crippen LogP contribution in [-0.4, -0.2) is 45.2 Å². The number of benzene rings is 2. The second kappa shape index (κ2) is 11.5. The highest BCUT2D eigenvalue weighted by Gasteiger charge is 2.31. The molecule has 0 bridgehead atoms. The van der Waals surface area contributed by atoms with E-state index >= 15 is 0 Å². The topological polar surface area (TPSA) is 93.1 Å². The monoisotopic (exact) mass is 503 g/mol. The predicted molar refractivity (Wildman–Crippen MR) is 122 cm³/mol. The maximum Gasteiger partial charge on any atom is 0.573 e. The van der Waals surface area contributed by atoms with Gasteiger partial charge in [0.15, 0.2) is 15.6 Å². The van der Waals surface area contributed by atoms with E-state index in [4.69, 9.17) is 4.74 Å². The van der Waals surface area contributed by atoms with Crippen LogP contribution in [0.3, 0.4) is 0 Å². The number of hydrogen-bond donors (Lipinski definition) is 1. The molecule has 7 nitrogen and oxygen atoms in total. The molecule has 0 heterocycles. The summed E-state index contributed by atoms with van der Waals surface area (Å²) >= 11 is 0. The van der Waals surface area contributed by atoms with Gasteiger partial charge in [-0.05, 0) is 49.2 Å². The molecule has 0 radical (unpaired) electrons. The van der Waals surface area contributed by atoms with Crippen LogP contribution in [0.25, 0.3) is 0 Å². The smallest absolute Gasteiger partial charge is 0.478 e. The summed E-state index contributed by atoms with van der Waals surface area (Å²) in [6.07, 6.45) is -0.650. The Morgan fingerprint density at radius 3 is 1.97 bits per heavy atom. The summed E-state index contributed by atoms with van der Waals surface area (Å²) in [5, 5.41) is 9.58. The number of aromatic carboxylic acids is 1. The lowest BCUT2D eigenvalue weighted by atomic mass is 10.1. The van der Waals surface area contributed by atoms with Crippen LogP contribution in [0.15, 0.2) is 41.3 Å². The van der Waals surface area contributed by atoms with Gasteiger partial charge in [0.05, 0.1) is 11.3 Å². The molecule has 0 atom stereocenters. The molecular formula is C23H28F3NO6S. The number of nitrogens with zero attached hydrogens (tertiary/aromatic N) is 1. The number of unbranched alkanes of at least 4 members (excludes halogenated alkanes) is 2. The molecule has 0 aliphatic rings. The van der Waals surface area contributed by atoms with E-state index in [-0.39, 0.29) is 27.6 Å². The van der Waals surface area contributed by atoms with Crippen molar-refractivity contribution in [2.45, 2.75) is 50.8 Å². The number of rotatable bonds is 12. The molecule has 0 aliphatic heterocycles. The van der Waals surface area contributed by atoms with Crippen molar-refractivity contribution in [1.82, 2.24) is 0 Å². The third-order valence-corrected chi connectivity index (χ3v) is 5.96. The van der Waals surface area contributed by atoms with Crippen LogP contribution in [0, 0.1) is 0 Å². The maximum atomic E-state index is 12.6. The van der Waals surface area contributed by atoms with Crippen molar-refractivity contribution in [2.75, 3.05) is 24.2 Å². The average Bonchev–Trinajstić information content (AvgIpc) is 2.73. The molecule has 188 valence electrons. The lowest BCUT2D eigenvalue weighted by molar-refractivity contribution is -0.274. The lowest BCUT2D eigenvalue weighted by Crippen LogP contribution is -2.27. The van der Waals surface area contributed by atoms with Crippen molar-refractivity contribution in [3.05, 3.63) is 42.0 Å². The zero-order valence-electron chi connectivity index (χ0n) is 19.2. The fourth-order valence-corrected chi connectivity index (χ4v) is 4.03. The fraction of sp³-hybridized carbons (Fsp3) is 0.435. The highest BCUT2D eigenvalue weighted by Crippen LogP contribution is 2.40. The van der Waals surface area contributed by atoms with Crippen molar-refractivity contribution in [3.63, 3.8) is 0 Å². The number of carboxylic acid groups (broad SMARTS) is 1. The zero-order valence-corrected chi connectivity index (χ0v) is 20.0. The molecular weight excluding hydrogens is 475 g/mol. The van der Waals surface area contributed by atoms with Crippen LogP contribution >= 0.6 is 0 Å². The molecule has 0 saturated carbocycles. The van der Waals surface area contributed by atoms with Crippen molar-refractivity contribution >= 4 is 21.5 Å². The van der Waals surface area contributed by atoms with Crippen LogP contribution in [0.1, 0.15) is 49.9 Å². The Morgan fingerprint density at radius 2 is 1.53 bits per heavy atom. The van der Waals surface area contributed by atoms with Gasteiger partial charge in [-0.25, -0.2) is 13.2 Å². The van der Waals surface area contributed by atoms with Gasteiger partial charge in [0, 0.05) is 19.3 Å². The first-order valence-corrected chi connectivity index (χ1v) is 12.6. The number of hydrogen-bond acceptors (Lipinski definition) is 6. The Hall–Kier alpha value is -2.95. The number of carbonyl (C=O) groups is 1. The van der Waals surface area contributed by atoms with Crippen LogP contribution in [-0.2, 0) is 9.84 Å². The second-order valence-corrected chi connectivity index (χ2v) is 9.70. The van der Waals surface area contributed by atoms with Gasteiger partial charge in [0.25, 0.3) is 0 Å². The average molecular weight is 504 g/mol. The van der Waals surface area contributed by atoms with E-state index in [9.17, 15) is 31.5 Å². The zero-order chi connectivity index (χ0) is 25.5. The van der Waals surface area contributed by atoms with E-state index in [1.807, 2.05) is 18.7 Å². The molecule has 0 saturated heterocycles. The highest BCUT2D eigenvalue weighted by atomic mass is 32.2. The minimum absolute atomic E-state index is 0.0645. The minimum Gasteiger partial charge on any atom is -0.478 e. The van der Waals surface area contributed by atoms with Crippen molar-refractivity contribution < 1.29 is 41.0 Å². The molecule has 0 unspecified atom stereocenters. The third-order valence-electron chi connectivity index (χ3n) is 4.86. The molecule has 11 heteroatoms. The van der Waals surface area contributed by atoms with Gasteiger partial charge in [-0.2, -0.15) is 0 Å². The molecule has 0 spiro atoms. The Balaban J connectivity index is 2.63. The summed E-state index contributed by atoms with van der Waals surface area (Å²) in [5.41, 5.74) is 0.0764. The third kappa shape index (κ3) is 7.82. The fourth-order valence-electron chi connectivity index (χ4n) is 3.20. The number of carboxylic acids is 1. The molecule has 34 heavy (non-hydrogen) atoms. The Morgan fingerprint density at radius 1 is 1.00 bits per heavy atom. The van der Waals surface area contributed by atoms with E-state index in [0.717, 1.165) is 50.1 Å². The Bertz CT molecular complexity index is 1080. The van der Waals surface area contributed by atoms with Gasteiger partial charge in [0.2, 0.25) is 0 Å². The molecule has 0 fully saturated rings. The predicted octanol–water partition coefficient (Wildman–Crippen LogP) is 5.89. The van der Waals surface area contributed by atoms with Gasteiger partial charge in [-0.1, -0.05) is 26.7 Å². The first-order chi connectivity index (χ1) is 15.9. The van der Waals surface area contributed by atoms with Crippen LogP contribution < -0.4 is 14.4 Å². The number of sulfone groups is 1. The minimum atomic E-state index is -4.86. The van der Waals surface area contributed by atoms with Crippen LogP contribution in [0.2, 0.25) is 0 Å². The molecule has 2 aromatic carbocycles. The van der Waals surface area contributed by atoms with Crippen molar-refractivity contribution in [1.29, 1.82) is 0 Å². The number of ether oxygens (including phenoxy) is 2. The second-order valence-electron chi connectivity index (χ2n) is 7.72. The van der Waals surface area contributed by atoms with Gasteiger partial charge in [-0.15, -0.1) is 13.2 Å². The van der Waals surface area contributed by atoms with Gasteiger partial charge >= 0.3 is 12.3 Å². The highest BCUT2D eigenvalue weighted by molar-refractivity contribution is 7.90. The largest absolute Gasteiger partial charge is 0.573 e. The summed E-state index contributed by atoms with van der Waals surface area (Å²) in [6, 6.07) is 6.89. The van der Waals surface area contributed by atoms with E-state index in [1.54, 1.807) is 0 Å². The maximum absolute atomic E-state index is 12.6. The Kier molecular flexibility index (Phi) is 9.20. The quantitative estimate of drug-likeness (QED) is 0.386. The van der Waals surface area contributed by atoms with Crippen molar-refractivity contribution in [2.24, 2.45) is 0 Å². The molecule has 0 amide bonds. The summed E-state index contributed by atoms with van der Waals surface area (Å²) in [4.78, 5) is 13.3. The lowest BCUT2D eigenvalue weighted by Gasteiger charge is -2.28. The number of anilines is 1. The van der Waals surface area contributed by atoms with E-state index in [2.05, 4.69) is 4.74 Å². The summed E-state index contributed by atoms with van der Waals surface area (Å²) in [6.45, 7) is 5.07. The first kappa shape index (κ1) is 27.3. The summed E-state index contributed by atoms with van der Waals surface area (Å²) in [5.74, 6) is -1.77. The Labute approximate surface area is 197 Å². The SMILES string of the molecule is CCCCN(CCCC)c1cc(C(=O)O)cc(S(C)(=O)=O)c1Oc1ccc(OC(F)(F)F)cc1. The summed E-state index contributed by atoms with van der Waals surface area (Å²) in [7, 11) is -3.93. The molecule has 2 rings (SSSR count). The van der Waals surface area contributed by atoms with E-state index in [1.165, 1.54) is 18.2 Å². The van der Waals surface area contributed by atoms with E-state index < -0.39 is 27.9 Å². The normalized spacial score (nSPS) is 11.8. The van der Waals surface area contributed by atoms with Crippen LogP contribution in [0.5, 0.6) is 17.2 Å². The molecule has 2 aromatic rings. The van der Waals surface area contributed by atoms with Crippen molar-refractivity contribution in [3.8, 4) is 17.2 Å². The number of alkyl halides is 3. The number of halogens is 3. The van der Waals surface area contributed by atoms with Gasteiger partial charge in [0.1, 0.15) is 16.4 Å². The summed E-state index contributed by atoms with van der Waals surface area (Å²) < 4.78 is 72.3. The molecule has 0 aromatic heterocycles. The molecule has 1 N–H and O–H groups in total.